The molecule has 0 radical (unpaired) electrons. The fourth-order valence-electron chi connectivity index (χ4n) is 3.64. The number of carbonyl (C=O) groups is 1. The van der Waals surface area contributed by atoms with E-state index in [0.717, 1.165) is 16.3 Å². The molecule has 0 aliphatic carbocycles. The van der Waals surface area contributed by atoms with E-state index in [-0.39, 0.29) is 10.8 Å². The van der Waals surface area contributed by atoms with E-state index in [1.807, 2.05) is 62.4 Å². The second-order valence-electron chi connectivity index (χ2n) is 7.98. The van der Waals surface area contributed by atoms with Gasteiger partial charge in [0.15, 0.2) is 6.10 Å². The molecule has 1 atom stereocenters. The number of rotatable bonds is 8. The highest BCUT2D eigenvalue weighted by molar-refractivity contribution is 7.92. The molecule has 34 heavy (non-hydrogen) atoms. The molecular weight excluding hydrogens is 448 g/mol. The van der Waals surface area contributed by atoms with Gasteiger partial charge in [0.1, 0.15) is 5.75 Å². The van der Waals surface area contributed by atoms with Crippen LogP contribution in [0.15, 0.2) is 95.9 Å². The van der Waals surface area contributed by atoms with E-state index in [1.165, 1.54) is 12.1 Å². The van der Waals surface area contributed by atoms with Crippen molar-refractivity contribution in [3.05, 3.63) is 96.6 Å². The highest BCUT2D eigenvalue weighted by Gasteiger charge is 2.20. The molecule has 0 saturated heterocycles. The van der Waals surface area contributed by atoms with Crippen LogP contribution >= 0.6 is 0 Å². The zero-order chi connectivity index (χ0) is 24.1. The Morgan fingerprint density at radius 1 is 0.882 bits per heavy atom. The van der Waals surface area contributed by atoms with E-state index < -0.39 is 16.1 Å². The van der Waals surface area contributed by atoms with Crippen LogP contribution in [0.4, 0.5) is 11.4 Å². The summed E-state index contributed by atoms with van der Waals surface area (Å²) in [7, 11) is -3.75. The summed E-state index contributed by atoms with van der Waals surface area (Å²) in [5, 5.41) is 4.79. The number of benzene rings is 4. The Kier molecular flexibility index (Phi) is 6.84. The van der Waals surface area contributed by atoms with Crippen LogP contribution in [0.25, 0.3) is 10.8 Å². The standard InChI is InChI=1S/C27H26N2O4S/c1-3-25(33-26-13-7-10-20-9-4-5-12-24(20)26)27(30)28-21-14-16-23(17-15-21)34(31,32)29-22-11-6-8-19(2)18-22/h4-18,25,29H,3H2,1-2H3,(H,28,30)/t25-/m0/s1. The van der Waals surface area contributed by atoms with Gasteiger partial charge in [-0.1, -0.05) is 55.5 Å². The summed E-state index contributed by atoms with van der Waals surface area (Å²) in [5.41, 5.74) is 1.93. The van der Waals surface area contributed by atoms with Crippen molar-refractivity contribution in [3.63, 3.8) is 0 Å². The molecule has 0 heterocycles. The number of hydrogen-bond donors (Lipinski definition) is 2. The molecule has 6 nitrogen and oxygen atoms in total. The Morgan fingerprint density at radius 2 is 1.59 bits per heavy atom. The summed E-state index contributed by atoms with van der Waals surface area (Å²) in [6, 6.07) is 26.7. The second kappa shape index (κ2) is 9.97. The normalized spacial score (nSPS) is 12.2. The number of anilines is 2. The lowest BCUT2D eigenvalue weighted by Gasteiger charge is -2.18. The maximum Gasteiger partial charge on any atom is 0.265 e. The number of sulfonamides is 1. The van der Waals surface area contributed by atoms with Crippen molar-refractivity contribution >= 4 is 38.1 Å². The van der Waals surface area contributed by atoms with Crippen molar-refractivity contribution in [2.24, 2.45) is 0 Å². The second-order valence-corrected chi connectivity index (χ2v) is 9.66. The van der Waals surface area contributed by atoms with Crippen molar-refractivity contribution in [3.8, 4) is 5.75 Å². The van der Waals surface area contributed by atoms with Crippen LogP contribution in [0.5, 0.6) is 5.75 Å². The first-order chi connectivity index (χ1) is 16.4. The summed E-state index contributed by atoms with van der Waals surface area (Å²) in [4.78, 5) is 13.0. The van der Waals surface area contributed by atoms with Gasteiger partial charge in [-0.15, -0.1) is 0 Å². The maximum atomic E-state index is 12.9. The van der Waals surface area contributed by atoms with E-state index in [2.05, 4.69) is 10.0 Å². The van der Waals surface area contributed by atoms with Gasteiger partial charge in [-0.05, 0) is 66.8 Å². The van der Waals surface area contributed by atoms with Gasteiger partial charge in [0.25, 0.3) is 15.9 Å². The topological polar surface area (TPSA) is 84.5 Å². The highest BCUT2D eigenvalue weighted by atomic mass is 32.2. The van der Waals surface area contributed by atoms with Crippen LogP contribution in [0, 0.1) is 6.92 Å². The van der Waals surface area contributed by atoms with E-state index in [0.29, 0.717) is 23.5 Å². The Labute approximate surface area is 199 Å². The molecule has 0 saturated carbocycles. The highest BCUT2D eigenvalue weighted by Crippen LogP contribution is 2.27. The van der Waals surface area contributed by atoms with Crippen molar-refractivity contribution in [1.29, 1.82) is 0 Å². The summed E-state index contributed by atoms with van der Waals surface area (Å²) in [6.45, 7) is 3.77. The van der Waals surface area contributed by atoms with Gasteiger partial charge in [0.2, 0.25) is 0 Å². The number of aryl methyl sites for hydroxylation is 1. The van der Waals surface area contributed by atoms with Crippen molar-refractivity contribution in [2.75, 3.05) is 10.0 Å². The van der Waals surface area contributed by atoms with Crippen molar-refractivity contribution in [2.45, 2.75) is 31.3 Å². The molecule has 4 aromatic rings. The zero-order valence-electron chi connectivity index (χ0n) is 19.0. The molecular formula is C27H26N2O4S. The Hall–Kier alpha value is -3.84. The molecule has 0 fully saturated rings. The van der Waals surface area contributed by atoms with Gasteiger partial charge in [-0.25, -0.2) is 8.42 Å². The van der Waals surface area contributed by atoms with Crippen molar-refractivity contribution < 1.29 is 17.9 Å². The first kappa shape index (κ1) is 23.3. The zero-order valence-corrected chi connectivity index (χ0v) is 19.8. The third-order valence-electron chi connectivity index (χ3n) is 5.38. The average Bonchev–Trinajstić information content (AvgIpc) is 2.82. The predicted octanol–water partition coefficient (Wildman–Crippen LogP) is 5.75. The molecule has 0 spiro atoms. The fourth-order valence-corrected chi connectivity index (χ4v) is 4.69. The Bertz CT molecular complexity index is 1410. The molecule has 7 heteroatoms. The van der Waals surface area contributed by atoms with Crippen molar-refractivity contribution in [1.82, 2.24) is 0 Å². The lowest BCUT2D eigenvalue weighted by Crippen LogP contribution is -2.32. The third-order valence-corrected chi connectivity index (χ3v) is 6.78. The lowest BCUT2D eigenvalue weighted by atomic mass is 10.1. The van der Waals surface area contributed by atoms with E-state index in [4.69, 9.17) is 4.74 Å². The van der Waals surface area contributed by atoms with Crippen LogP contribution in [0.2, 0.25) is 0 Å². The van der Waals surface area contributed by atoms with Crippen LogP contribution in [-0.4, -0.2) is 20.4 Å². The minimum atomic E-state index is -3.75. The number of hydrogen-bond acceptors (Lipinski definition) is 4. The minimum Gasteiger partial charge on any atom is -0.480 e. The molecule has 174 valence electrons. The van der Waals surface area contributed by atoms with E-state index in [9.17, 15) is 13.2 Å². The Balaban J connectivity index is 1.45. The molecule has 4 aromatic carbocycles. The minimum absolute atomic E-state index is 0.103. The SMILES string of the molecule is CC[C@H](Oc1cccc2ccccc12)C(=O)Nc1ccc(S(=O)(=O)Nc2cccc(C)c2)cc1. The van der Waals surface area contributed by atoms with Crippen LogP contribution in [0.3, 0.4) is 0 Å². The first-order valence-electron chi connectivity index (χ1n) is 11.0. The summed E-state index contributed by atoms with van der Waals surface area (Å²) in [6.07, 6.45) is -0.223. The predicted molar refractivity (Wildman–Crippen MR) is 136 cm³/mol. The molecule has 0 aromatic heterocycles. The number of amides is 1. The van der Waals surface area contributed by atoms with Crippen LogP contribution in [-0.2, 0) is 14.8 Å². The fraction of sp³-hybridized carbons (Fsp3) is 0.148. The Morgan fingerprint density at radius 3 is 2.32 bits per heavy atom. The number of fused-ring (bicyclic) bond motifs is 1. The average molecular weight is 475 g/mol. The lowest BCUT2D eigenvalue weighted by molar-refractivity contribution is -0.122. The molecule has 0 bridgehead atoms. The summed E-state index contributed by atoms with van der Waals surface area (Å²) in [5.74, 6) is 0.340. The molecule has 1 amide bonds. The number of nitrogens with one attached hydrogen (secondary N) is 2. The number of ether oxygens (including phenoxy) is 1. The van der Waals surface area contributed by atoms with Gasteiger partial charge in [-0.3, -0.25) is 9.52 Å². The largest absolute Gasteiger partial charge is 0.480 e. The monoisotopic (exact) mass is 474 g/mol. The smallest absolute Gasteiger partial charge is 0.265 e. The summed E-state index contributed by atoms with van der Waals surface area (Å²) < 4.78 is 34.0. The van der Waals surface area contributed by atoms with Crippen LogP contribution < -0.4 is 14.8 Å². The van der Waals surface area contributed by atoms with Gasteiger partial charge < -0.3 is 10.1 Å². The van der Waals surface area contributed by atoms with Gasteiger partial charge >= 0.3 is 0 Å². The molecule has 4 rings (SSSR count). The van der Waals surface area contributed by atoms with Gasteiger partial charge in [-0.2, -0.15) is 0 Å². The summed E-state index contributed by atoms with van der Waals surface area (Å²) >= 11 is 0. The molecule has 2 N–H and O–H groups in total. The molecule has 0 aliphatic rings. The third kappa shape index (κ3) is 5.38. The molecule has 0 aliphatic heterocycles. The maximum absolute atomic E-state index is 12.9. The van der Waals surface area contributed by atoms with Gasteiger partial charge in [0.05, 0.1) is 4.90 Å². The van der Waals surface area contributed by atoms with E-state index >= 15 is 0 Å². The quantitative estimate of drug-likeness (QED) is 0.341. The van der Waals surface area contributed by atoms with Gasteiger partial charge in [0, 0.05) is 16.8 Å². The number of carbonyl (C=O) groups excluding carboxylic acids is 1. The first-order valence-corrected chi connectivity index (χ1v) is 12.5. The van der Waals surface area contributed by atoms with E-state index in [1.54, 1.807) is 30.3 Å². The van der Waals surface area contributed by atoms with Crippen LogP contribution in [0.1, 0.15) is 18.9 Å². The molecule has 0 unspecified atom stereocenters.